The summed E-state index contributed by atoms with van der Waals surface area (Å²) >= 11 is 0. The van der Waals surface area contributed by atoms with E-state index < -0.39 is 0 Å². The zero-order valence-electron chi connectivity index (χ0n) is 10.7. The monoisotopic (exact) mass is 224 g/mol. The van der Waals surface area contributed by atoms with Gasteiger partial charge >= 0.3 is 0 Å². The van der Waals surface area contributed by atoms with E-state index in [0.29, 0.717) is 0 Å². The van der Waals surface area contributed by atoms with Crippen molar-refractivity contribution < 1.29 is 0 Å². The van der Waals surface area contributed by atoms with Crippen LogP contribution in [0.15, 0.2) is 12.5 Å². The number of imidazole rings is 1. The molecule has 0 spiro atoms. The Morgan fingerprint density at radius 2 is 2.25 bits per heavy atom. The Hall–Kier alpha value is -0.870. The van der Waals surface area contributed by atoms with Crippen LogP contribution < -0.4 is 5.73 Å². The maximum Gasteiger partial charge on any atom is 0.0922 e. The number of aromatic amines is 1. The number of hydrogen-bond acceptors (Lipinski definition) is 3. The molecule has 0 fully saturated rings. The predicted octanol–water partition coefficient (Wildman–Crippen LogP) is 1.61. The highest BCUT2D eigenvalue weighted by molar-refractivity contribution is 4.94. The van der Waals surface area contributed by atoms with Gasteiger partial charge in [-0.15, -0.1) is 0 Å². The van der Waals surface area contributed by atoms with Crippen molar-refractivity contribution in [2.45, 2.75) is 33.7 Å². The van der Waals surface area contributed by atoms with Crippen molar-refractivity contribution in [2.75, 3.05) is 19.6 Å². The third kappa shape index (κ3) is 4.33. The van der Waals surface area contributed by atoms with Crippen LogP contribution in [0.25, 0.3) is 0 Å². The van der Waals surface area contributed by atoms with Gasteiger partial charge in [0.2, 0.25) is 0 Å². The van der Waals surface area contributed by atoms with Crippen molar-refractivity contribution in [2.24, 2.45) is 11.1 Å². The second-order valence-electron chi connectivity index (χ2n) is 5.16. The summed E-state index contributed by atoms with van der Waals surface area (Å²) in [5, 5.41) is 0. The maximum absolute atomic E-state index is 5.78. The van der Waals surface area contributed by atoms with Gasteiger partial charge in [-0.25, -0.2) is 4.98 Å². The Kier molecular flexibility index (Phi) is 4.96. The first kappa shape index (κ1) is 13.2. The molecule has 0 atom stereocenters. The smallest absolute Gasteiger partial charge is 0.0922 e. The highest BCUT2D eigenvalue weighted by Crippen LogP contribution is 2.16. The van der Waals surface area contributed by atoms with Crippen LogP contribution in [0.4, 0.5) is 0 Å². The van der Waals surface area contributed by atoms with Crippen LogP contribution in [0.3, 0.4) is 0 Å². The molecule has 0 radical (unpaired) electrons. The fraction of sp³-hybridized carbons (Fsp3) is 0.750. The lowest BCUT2D eigenvalue weighted by atomic mass is 9.93. The van der Waals surface area contributed by atoms with Crippen molar-refractivity contribution in [3.05, 3.63) is 18.2 Å². The van der Waals surface area contributed by atoms with Crippen molar-refractivity contribution >= 4 is 0 Å². The van der Waals surface area contributed by atoms with Gasteiger partial charge in [0.05, 0.1) is 6.33 Å². The third-order valence-electron chi connectivity index (χ3n) is 2.69. The second-order valence-corrected chi connectivity index (χ2v) is 5.16. The molecular weight excluding hydrogens is 200 g/mol. The Morgan fingerprint density at radius 1 is 1.50 bits per heavy atom. The molecule has 1 heterocycles. The summed E-state index contributed by atoms with van der Waals surface area (Å²) in [6.45, 7) is 10.4. The molecule has 0 aliphatic carbocycles. The van der Waals surface area contributed by atoms with Crippen LogP contribution >= 0.6 is 0 Å². The minimum absolute atomic E-state index is 0.176. The molecule has 16 heavy (non-hydrogen) atoms. The Balaban J connectivity index is 2.54. The zero-order valence-corrected chi connectivity index (χ0v) is 10.7. The first-order valence-electron chi connectivity index (χ1n) is 5.97. The fourth-order valence-corrected chi connectivity index (χ4v) is 1.81. The summed E-state index contributed by atoms with van der Waals surface area (Å²) < 4.78 is 0. The maximum atomic E-state index is 5.78. The highest BCUT2D eigenvalue weighted by Gasteiger charge is 2.20. The largest absolute Gasteiger partial charge is 0.347 e. The summed E-state index contributed by atoms with van der Waals surface area (Å²) in [7, 11) is 0. The molecule has 0 unspecified atom stereocenters. The number of H-pyrrole nitrogens is 1. The fourth-order valence-electron chi connectivity index (χ4n) is 1.81. The van der Waals surface area contributed by atoms with E-state index in [4.69, 9.17) is 5.73 Å². The standard InChI is InChI=1S/C12H24N4/c1-4-5-16(9-12(2,3)8-13)7-11-6-14-10-15-11/h6,10H,4-5,7-9,13H2,1-3H3,(H,14,15). The molecule has 0 aliphatic rings. The van der Waals surface area contributed by atoms with Gasteiger partial charge in [-0.3, -0.25) is 4.90 Å². The Labute approximate surface area is 98.2 Å². The lowest BCUT2D eigenvalue weighted by molar-refractivity contribution is 0.174. The highest BCUT2D eigenvalue weighted by atomic mass is 15.1. The van der Waals surface area contributed by atoms with Crippen molar-refractivity contribution in [3.63, 3.8) is 0 Å². The number of nitrogens with zero attached hydrogens (tertiary/aromatic N) is 2. The number of nitrogens with two attached hydrogens (primary N) is 1. The SMILES string of the molecule is CCCN(Cc1cnc[nH]1)CC(C)(C)CN. The van der Waals surface area contributed by atoms with Crippen molar-refractivity contribution in [1.29, 1.82) is 0 Å². The average Bonchev–Trinajstić information content (AvgIpc) is 2.70. The molecule has 4 heteroatoms. The molecule has 0 bridgehead atoms. The number of rotatable bonds is 7. The predicted molar refractivity (Wildman–Crippen MR) is 67.0 cm³/mol. The molecule has 0 aliphatic heterocycles. The van der Waals surface area contributed by atoms with Gasteiger partial charge in [-0.1, -0.05) is 20.8 Å². The van der Waals surface area contributed by atoms with E-state index >= 15 is 0 Å². The van der Waals surface area contributed by atoms with Gasteiger partial charge in [-0.2, -0.15) is 0 Å². The summed E-state index contributed by atoms with van der Waals surface area (Å²) in [6.07, 6.45) is 4.78. The molecule has 0 amide bonds. The van der Waals surface area contributed by atoms with E-state index in [9.17, 15) is 0 Å². The Bertz CT molecular complexity index is 279. The molecule has 0 saturated carbocycles. The minimum Gasteiger partial charge on any atom is -0.347 e. The van der Waals surface area contributed by atoms with E-state index in [-0.39, 0.29) is 5.41 Å². The minimum atomic E-state index is 0.176. The first-order valence-corrected chi connectivity index (χ1v) is 5.97. The lowest BCUT2D eigenvalue weighted by Gasteiger charge is -2.31. The van der Waals surface area contributed by atoms with E-state index in [0.717, 1.165) is 32.6 Å². The van der Waals surface area contributed by atoms with Crippen LogP contribution in [-0.2, 0) is 6.54 Å². The average molecular weight is 224 g/mol. The zero-order chi connectivity index (χ0) is 12.0. The molecule has 1 aromatic heterocycles. The molecule has 92 valence electrons. The van der Waals surface area contributed by atoms with Crippen LogP contribution in [0.5, 0.6) is 0 Å². The quantitative estimate of drug-likeness (QED) is 0.739. The summed E-state index contributed by atoms with van der Waals surface area (Å²) in [5.74, 6) is 0. The van der Waals surface area contributed by atoms with E-state index in [1.807, 2.05) is 6.20 Å². The molecular formula is C12H24N4. The molecule has 0 aromatic carbocycles. The van der Waals surface area contributed by atoms with Gasteiger partial charge in [0.1, 0.15) is 0 Å². The molecule has 0 saturated heterocycles. The number of nitrogens with one attached hydrogen (secondary N) is 1. The normalized spacial score (nSPS) is 12.3. The van der Waals surface area contributed by atoms with E-state index in [1.165, 1.54) is 5.69 Å². The van der Waals surface area contributed by atoms with Gasteiger partial charge in [0.25, 0.3) is 0 Å². The van der Waals surface area contributed by atoms with E-state index in [1.54, 1.807) is 6.33 Å². The van der Waals surface area contributed by atoms with Crippen molar-refractivity contribution in [3.8, 4) is 0 Å². The molecule has 3 N–H and O–H groups in total. The molecule has 1 aromatic rings. The first-order chi connectivity index (χ1) is 7.57. The molecule has 1 rings (SSSR count). The number of aromatic nitrogens is 2. The van der Waals surface area contributed by atoms with E-state index in [2.05, 4.69) is 35.6 Å². The van der Waals surface area contributed by atoms with Crippen LogP contribution in [0, 0.1) is 5.41 Å². The molecule has 4 nitrogen and oxygen atoms in total. The van der Waals surface area contributed by atoms with Gasteiger partial charge in [0.15, 0.2) is 0 Å². The van der Waals surface area contributed by atoms with Gasteiger partial charge in [-0.05, 0) is 24.9 Å². The lowest BCUT2D eigenvalue weighted by Crippen LogP contribution is -2.38. The Morgan fingerprint density at radius 3 is 2.75 bits per heavy atom. The summed E-state index contributed by atoms with van der Waals surface area (Å²) in [5.41, 5.74) is 7.12. The number of hydrogen-bond donors (Lipinski definition) is 2. The van der Waals surface area contributed by atoms with Gasteiger partial charge < -0.3 is 10.7 Å². The topological polar surface area (TPSA) is 57.9 Å². The summed E-state index contributed by atoms with van der Waals surface area (Å²) in [4.78, 5) is 9.62. The van der Waals surface area contributed by atoms with Crippen LogP contribution in [-0.4, -0.2) is 34.5 Å². The van der Waals surface area contributed by atoms with Crippen LogP contribution in [0.1, 0.15) is 32.9 Å². The van der Waals surface area contributed by atoms with Crippen LogP contribution in [0.2, 0.25) is 0 Å². The van der Waals surface area contributed by atoms with Gasteiger partial charge in [0, 0.05) is 25.0 Å². The second kappa shape index (κ2) is 6.01. The third-order valence-corrected chi connectivity index (χ3v) is 2.69. The van der Waals surface area contributed by atoms with Crippen molar-refractivity contribution in [1.82, 2.24) is 14.9 Å². The summed E-state index contributed by atoms with van der Waals surface area (Å²) in [6, 6.07) is 0.